The minimum Gasteiger partial charge on any atom is -1.00 e. The first-order valence-electron chi connectivity index (χ1n) is 24.8. The van der Waals surface area contributed by atoms with Crippen molar-refractivity contribution in [3.63, 3.8) is 0 Å². The molecule has 7 aromatic carbocycles. The van der Waals surface area contributed by atoms with E-state index in [2.05, 4.69) is 32.2 Å². The summed E-state index contributed by atoms with van der Waals surface area (Å²) in [5, 5.41) is 95.3. The van der Waals surface area contributed by atoms with Crippen LogP contribution < -0.4 is 99.1 Å². The predicted molar refractivity (Wildman–Crippen MR) is 317 cm³/mol. The van der Waals surface area contributed by atoms with E-state index in [0.29, 0.717) is 53.6 Å². The molecular formula is C58H65ClN8Na2O22. The number of phenols is 3. The quantitative estimate of drug-likeness (QED) is 0.00882. The third kappa shape index (κ3) is 37.2. The summed E-state index contributed by atoms with van der Waals surface area (Å²) in [6.07, 6.45) is 0. The molecule has 0 aliphatic heterocycles. The summed E-state index contributed by atoms with van der Waals surface area (Å²) in [7, 11) is 1.75. The number of nitrogens with two attached hydrogens (primary N) is 1. The number of esters is 3. The summed E-state index contributed by atoms with van der Waals surface area (Å²) < 4.78 is 14.5. The van der Waals surface area contributed by atoms with Gasteiger partial charge in [-0.2, -0.15) is 12.2 Å². The number of hydrazine groups is 1. The standard InChI is InChI=1S/C16H14N2O5.C14H11N3O5.C10H12O2.C9H11NO2.C7H6O3.CH4O.CH3O.ClH.HNO2.H4NO.2Na/c1-2-23-16(22)10-3-6-12(7-4-10)17-18-13-8-5-11(15(20)21)9-14(13)19;18-12-7-9(14(20)21)3-6-11(12)16-15-10-4-1-8(2-5-10)13(19)17-22;1-3-12-10(11)9-6-4-8(2)5-7-9;1-2-12-9(11)7-3-5-8(10)6-4-7;8-6-3-1-2-5(4-6)7(9)10;2*1-2;;2-1-3;1-2;;/h3-9,19H,2H2,1H3,(H,20,21);1-7,15-16,18H,(H,20,21);4-7H,3H2,1-2H3;3-6H,2,10H2,1H3;1-4,8H,(H,9,10);2H,1H3;1H3;1H;(H,2,3);2H,1H3;;/q;;;;;;-1;;;3*+1/p-2. The van der Waals surface area contributed by atoms with Gasteiger partial charge in [0.05, 0.1) is 70.3 Å². The molecule has 7 rings (SSSR count). The normalized spacial score (nSPS) is 8.90. The van der Waals surface area contributed by atoms with Gasteiger partial charge in [0.2, 0.25) is 0 Å². The maximum absolute atomic E-state index is 11.5. The van der Waals surface area contributed by atoms with Gasteiger partial charge in [-0.05, 0) is 167 Å². The predicted octanol–water partition coefficient (Wildman–Crippen LogP) is -0.709. The van der Waals surface area contributed by atoms with Crippen LogP contribution in [0.15, 0.2) is 178 Å². The molecule has 0 saturated carbocycles. The minimum atomic E-state index is -1.14. The topological polar surface area (TPSA) is 516 Å². The van der Waals surface area contributed by atoms with E-state index in [-0.39, 0.29) is 134 Å². The number of nitroso groups, excluding NO2 is 1. The van der Waals surface area contributed by atoms with Crippen LogP contribution in [0.2, 0.25) is 0 Å². The average molecular weight is 1310 g/mol. The molecule has 30 nitrogen and oxygen atoms in total. The third-order valence-electron chi connectivity index (χ3n) is 9.75. The third-order valence-corrected chi connectivity index (χ3v) is 9.75. The number of benzene rings is 7. The number of azo groups is 1. The number of amides is 1. The maximum atomic E-state index is 11.5. The van der Waals surface area contributed by atoms with Gasteiger partial charge < -0.3 is 88.7 Å². The van der Waals surface area contributed by atoms with Crippen LogP contribution in [-0.2, 0) is 14.2 Å². The Bertz CT molecular complexity index is 3260. The van der Waals surface area contributed by atoms with Crippen LogP contribution in [0.3, 0.4) is 0 Å². The Morgan fingerprint density at radius 2 is 0.890 bits per heavy atom. The summed E-state index contributed by atoms with van der Waals surface area (Å²) in [5.74, 6) is -3.44. The number of rotatable bonds is 15. The first-order chi connectivity index (χ1) is 42.1. The molecule has 0 heterocycles. The Balaban J connectivity index is -0.000000335. The number of ether oxygens (including phenoxy) is 3. The molecular weight excluding hydrogens is 1240 g/mol. The van der Waals surface area contributed by atoms with Gasteiger partial charge >= 0.3 is 101 Å². The number of hydrogen-bond acceptors (Lipinski definition) is 25. The Morgan fingerprint density at radius 3 is 1.26 bits per heavy atom. The number of anilines is 3. The number of hydrogen-bond donors (Lipinski definition) is 12. The molecule has 0 radical (unpaired) electrons. The molecule has 0 bridgehead atoms. The molecule has 0 spiro atoms. The number of nitrogens with zero attached hydrogens (tertiary/aromatic N) is 4. The fourth-order valence-electron chi connectivity index (χ4n) is 5.77. The zero-order valence-corrected chi connectivity index (χ0v) is 55.1. The van der Waals surface area contributed by atoms with Crippen molar-refractivity contribution in [2.24, 2.45) is 20.7 Å². The van der Waals surface area contributed by atoms with Crippen LogP contribution in [0.5, 0.6) is 17.2 Å². The van der Waals surface area contributed by atoms with E-state index in [1.165, 1.54) is 72.8 Å². The van der Waals surface area contributed by atoms with E-state index in [4.69, 9.17) is 65.9 Å². The molecule has 0 atom stereocenters. The van der Waals surface area contributed by atoms with E-state index < -0.39 is 29.8 Å². The second-order valence-electron chi connectivity index (χ2n) is 15.6. The molecule has 0 saturated heterocycles. The van der Waals surface area contributed by atoms with Gasteiger partial charge in [0, 0.05) is 23.5 Å². The second-order valence-corrected chi connectivity index (χ2v) is 15.6. The zero-order valence-electron chi connectivity index (χ0n) is 50.4. The zero-order chi connectivity index (χ0) is 67.1. The number of aliphatic hydroxyl groups is 1. The fourth-order valence-corrected chi connectivity index (χ4v) is 5.77. The number of aromatic hydroxyl groups is 3. The summed E-state index contributed by atoms with van der Waals surface area (Å²) in [6, 6.07) is 39.3. The molecule has 15 N–H and O–H groups in total. The molecule has 0 fully saturated rings. The molecule has 0 aromatic heterocycles. The van der Waals surface area contributed by atoms with E-state index in [1.807, 2.05) is 19.1 Å². The van der Waals surface area contributed by atoms with Crippen LogP contribution in [0.25, 0.3) is 0 Å². The number of carbonyl (C=O) groups excluding carboxylic acids is 4. The van der Waals surface area contributed by atoms with Crippen LogP contribution >= 0.6 is 0 Å². The second kappa shape index (κ2) is 53.6. The smallest absolute Gasteiger partial charge is 1.00 e. The monoisotopic (exact) mass is 1310 g/mol. The number of phenolic OH excluding ortho intramolecular Hbond substituents is 3. The van der Waals surface area contributed by atoms with E-state index in [1.54, 1.807) is 81.4 Å². The molecule has 7 aromatic rings. The maximum Gasteiger partial charge on any atom is 1.00 e. The van der Waals surface area contributed by atoms with Gasteiger partial charge in [0.1, 0.15) is 22.9 Å². The number of carbonyl (C=O) groups is 7. The molecule has 0 aliphatic rings. The van der Waals surface area contributed by atoms with Crippen molar-refractivity contribution in [2.45, 2.75) is 27.7 Å². The van der Waals surface area contributed by atoms with Gasteiger partial charge in [-0.1, -0.05) is 23.8 Å². The Labute approximate surface area is 571 Å². The molecule has 1 amide bonds. The number of nitrogens with one attached hydrogen (secondary N) is 2. The fraction of sp³-hybridized carbons (Fsp3) is 0.155. The number of aryl methyl sites for hydroxylation is 1. The van der Waals surface area contributed by atoms with Crippen molar-refractivity contribution < 1.29 is 171 Å². The van der Waals surface area contributed by atoms with E-state index >= 15 is 0 Å². The van der Waals surface area contributed by atoms with Crippen molar-refractivity contribution in [3.05, 3.63) is 217 Å². The Kier molecular flexibility index (Phi) is 53.2. The van der Waals surface area contributed by atoms with Gasteiger partial charge in [0.15, 0.2) is 0 Å². The first-order valence-corrected chi connectivity index (χ1v) is 24.8. The van der Waals surface area contributed by atoms with Crippen molar-refractivity contribution in [1.82, 2.24) is 0 Å². The minimum absolute atomic E-state index is 0. The number of nitrogen functional groups attached to an aromatic ring is 1. The largest absolute Gasteiger partial charge is 1.00 e. The summed E-state index contributed by atoms with van der Waals surface area (Å²) in [6.45, 7) is 8.39. The molecule has 33 heteroatoms. The number of quaternary nitrogens is 1. The number of carboxylic acid groups (broad SMARTS) is 3. The van der Waals surface area contributed by atoms with E-state index in [0.717, 1.165) is 37.3 Å². The van der Waals surface area contributed by atoms with Gasteiger partial charge in [-0.15, -0.1) is 15.4 Å². The molecule has 91 heavy (non-hydrogen) atoms. The van der Waals surface area contributed by atoms with Crippen LogP contribution in [-0.4, -0.2) is 117 Å². The number of aliphatic hydroxyl groups excluding tert-OH is 1. The Hall–Kier alpha value is -9.44. The SMILES string of the molecule is CCOC(=O)c1ccc(C)cc1.CCOC(=O)c1ccc(N)cc1.CCOC(=O)c1ccc(N=Nc2ccc(C(=O)O)cc2O)cc1.CO.C[O-].O=C(O)c1cccc(O)c1.O=NC(=O)c1ccc(NNc2ccc(C(=O)O)cc2O)cc1.O=N[O-].[Cl-].[NH3+]O.[Na+].[Na+]. The molecule has 0 unspecified atom stereocenters. The number of carboxylic acids is 3. The van der Waals surface area contributed by atoms with Crippen molar-refractivity contribution in [1.29, 1.82) is 0 Å². The number of aromatic carboxylic acids is 3. The van der Waals surface area contributed by atoms with Crippen LogP contribution in [0, 0.1) is 21.9 Å². The average Bonchev–Trinajstić information content (AvgIpc) is 1.65. The molecule has 478 valence electrons. The Morgan fingerprint density at radius 1 is 0.516 bits per heavy atom. The van der Waals surface area contributed by atoms with Gasteiger partial charge in [-0.3, -0.25) is 10.2 Å². The van der Waals surface area contributed by atoms with Crippen molar-refractivity contribution >= 4 is 70.2 Å². The summed E-state index contributed by atoms with van der Waals surface area (Å²) in [5.41, 5.74) is 15.9. The summed E-state index contributed by atoms with van der Waals surface area (Å²) >= 11 is 0. The summed E-state index contributed by atoms with van der Waals surface area (Å²) in [4.78, 5) is 94.7. The first kappa shape index (κ1) is 90.3. The van der Waals surface area contributed by atoms with Crippen LogP contribution in [0.1, 0.15) is 98.8 Å². The van der Waals surface area contributed by atoms with E-state index in [9.17, 15) is 48.7 Å². The molecule has 0 aliphatic carbocycles. The number of halogens is 1. The van der Waals surface area contributed by atoms with Gasteiger partial charge in [-0.25, -0.2) is 39.9 Å². The van der Waals surface area contributed by atoms with Crippen molar-refractivity contribution in [3.8, 4) is 17.2 Å². The van der Waals surface area contributed by atoms with Gasteiger partial charge in [0.25, 0.3) is 0 Å². The van der Waals surface area contributed by atoms with Crippen LogP contribution in [0.4, 0.5) is 28.4 Å². The van der Waals surface area contributed by atoms with Crippen molar-refractivity contribution in [2.75, 3.05) is 50.6 Å².